The van der Waals surface area contributed by atoms with Crippen molar-refractivity contribution in [2.75, 3.05) is 26.5 Å². The fourth-order valence-corrected chi connectivity index (χ4v) is 3.74. The molecule has 4 N–H and O–H groups in total. The Labute approximate surface area is 163 Å². The van der Waals surface area contributed by atoms with E-state index in [9.17, 15) is 21.6 Å². The van der Waals surface area contributed by atoms with Crippen LogP contribution >= 0.6 is 0 Å². The van der Waals surface area contributed by atoms with Crippen LogP contribution in [0.1, 0.15) is 28.6 Å². The molecule has 0 saturated carbocycles. The van der Waals surface area contributed by atoms with Crippen LogP contribution in [0.4, 0.5) is 0 Å². The van der Waals surface area contributed by atoms with Crippen LogP contribution in [0.15, 0.2) is 24.3 Å². The van der Waals surface area contributed by atoms with Crippen LogP contribution in [0.25, 0.3) is 0 Å². The van der Waals surface area contributed by atoms with Crippen molar-refractivity contribution in [1.82, 2.24) is 10.0 Å². The monoisotopic (exact) mass is 437 g/mol. The van der Waals surface area contributed by atoms with E-state index in [2.05, 4.69) is 10.0 Å². The number of nitrogens with one attached hydrogen (secondary N) is 2. The van der Waals surface area contributed by atoms with Crippen molar-refractivity contribution in [2.24, 2.45) is 5.14 Å². The number of carbonyl (C=O) groups is 1. The first kappa shape index (κ1) is 22.7. The Morgan fingerprint density at radius 3 is 2.43 bits per heavy atom. The van der Waals surface area contributed by atoms with Gasteiger partial charge in [0.25, 0.3) is 20.3 Å². The van der Waals surface area contributed by atoms with Crippen LogP contribution in [0.5, 0.6) is 0 Å². The molecule has 0 aliphatic carbocycles. The van der Waals surface area contributed by atoms with Crippen LogP contribution in [0, 0.1) is 0 Å². The summed E-state index contributed by atoms with van der Waals surface area (Å²) >= 11 is 0. The minimum absolute atomic E-state index is 0.114. The zero-order valence-electron chi connectivity index (χ0n) is 15.3. The molecule has 1 aromatic carbocycles. The van der Waals surface area contributed by atoms with Crippen LogP contribution < -0.4 is 15.2 Å². The molecule has 1 fully saturated rings. The first-order valence-corrected chi connectivity index (χ1v) is 11.6. The summed E-state index contributed by atoms with van der Waals surface area (Å²) in [6.45, 7) is 0.479. The zero-order chi connectivity index (χ0) is 20.9. The number of hydrogen-bond acceptors (Lipinski definition) is 9. The van der Waals surface area contributed by atoms with E-state index in [1.165, 1.54) is 7.11 Å². The third-order valence-corrected chi connectivity index (χ3v) is 5.06. The van der Waals surface area contributed by atoms with E-state index in [0.29, 0.717) is 18.5 Å². The minimum atomic E-state index is -3.71. The number of esters is 1. The first-order chi connectivity index (χ1) is 13.0. The lowest BCUT2D eigenvalue weighted by atomic mass is 10.2. The maximum absolute atomic E-state index is 11.2. The third-order valence-electron chi connectivity index (χ3n) is 3.87. The summed E-state index contributed by atoms with van der Waals surface area (Å²) in [7, 11) is -5.68. The number of fused-ring (bicyclic) bond motifs is 4. The van der Waals surface area contributed by atoms with E-state index in [-0.39, 0.29) is 18.6 Å². The lowest BCUT2D eigenvalue weighted by Gasteiger charge is -2.11. The molecule has 158 valence electrons. The Hall–Kier alpha value is -1.61. The Balaban J connectivity index is 0.000000207. The zero-order valence-corrected chi connectivity index (χ0v) is 17.0. The molecule has 1 aromatic rings. The molecule has 3 aliphatic rings. The summed E-state index contributed by atoms with van der Waals surface area (Å²) in [5.74, 6) is -0.332. The Kier molecular flexibility index (Phi) is 7.50. The predicted molar refractivity (Wildman–Crippen MR) is 98.8 cm³/mol. The summed E-state index contributed by atoms with van der Waals surface area (Å²) in [5.41, 5.74) is 1.44. The van der Waals surface area contributed by atoms with Gasteiger partial charge >= 0.3 is 5.97 Å². The van der Waals surface area contributed by atoms with Crippen molar-refractivity contribution < 1.29 is 35.3 Å². The van der Waals surface area contributed by atoms with Gasteiger partial charge in [-0.25, -0.2) is 14.7 Å². The number of benzene rings is 1. The maximum Gasteiger partial charge on any atom is 0.340 e. The molecule has 4 rings (SSSR count). The molecule has 3 atom stereocenters. The van der Waals surface area contributed by atoms with Gasteiger partial charge in [-0.2, -0.15) is 16.8 Å². The fourth-order valence-electron chi connectivity index (χ4n) is 2.67. The van der Waals surface area contributed by atoms with Crippen LogP contribution in [-0.2, 0) is 34.0 Å². The second kappa shape index (κ2) is 9.26. The van der Waals surface area contributed by atoms with Crippen molar-refractivity contribution in [3.63, 3.8) is 0 Å². The van der Waals surface area contributed by atoms with Crippen LogP contribution in [-0.4, -0.2) is 61.4 Å². The largest absolute Gasteiger partial charge is 0.428 e. The molecular formula is C15H23N3O8S2. The highest BCUT2D eigenvalue weighted by atomic mass is 32.2. The van der Waals surface area contributed by atoms with Crippen molar-refractivity contribution in [1.29, 1.82) is 0 Å². The highest BCUT2D eigenvalue weighted by molar-refractivity contribution is 7.87. The van der Waals surface area contributed by atoms with E-state index >= 15 is 0 Å². The number of methoxy groups -OCH3 is 1. The number of ether oxygens (including phenoxy) is 2. The van der Waals surface area contributed by atoms with Gasteiger partial charge in [-0.05, 0) is 18.6 Å². The SMILES string of the molecule is COC1OC(=O)c2ccc1cc2.CS(=O)(=O)OC1CNC(CNS(N)(=O)=O)C1. The molecular weight excluding hydrogens is 414 g/mol. The highest BCUT2D eigenvalue weighted by Gasteiger charge is 2.27. The van der Waals surface area contributed by atoms with Gasteiger partial charge < -0.3 is 14.8 Å². The highest BCUT2D eigenvalue weighted by Crippen LogP contribution is 2.24. The molecule has 11 nitrogen and oxygen atoms in total. The molecule has 3 aliphatic heterocycles. The van der Waals surface area contributed by atoms with Gasteiger partial charge in [-0.3, -0.25) is 4.18 Å². The van der Waals surface area contributed by atoms with Gasteiger partial charge in [0.1, 0.15) is 0 Å². The van der Waals surface area contributed by atoms with E-state index < -0.39 is 32.7 Å². The summed E-state index contributed by atoms with van der Waals surface area (Å²) in [5, 5.41) is 7.69. The minimum Gasteiger partial charge on any atom is -0.428 e. The number of rotatable bonds is 6. The molecule has 0 radical (unpaired) electrons. The Morgan fingerprint density at radius 1 is 1.25 bits per heavy atom. The standard InChI is InChI=1S/C9H8O3.C6H15N3O5S2/c1-11-9-7-4-2-6(3-5-7)8(10)12-9;1-15(10,11)14-6-2-5(8-4-6)3-9-16(7,12)13/h2-5,9H,1H3;5-6,8-9H,2-4H2,1H3,(H2,7,12,13). The third kappa shape index (κ3) is 7.43. The van der Waals surface area contributed by atoms with Gasteiger partial charge in [0.05, 0.1) is 17.9 Å². The van der Waals surface area contributed by atoms with Crippen molar-refractivity contribution >= 4 is 26.3 Å². The van der Waals surface area contributed by atoms with Crippen molar-refractivity contribution in [3.05, 3.63) is 35.4 Å². The average molecular weight is 437 g/mol. The number of hydrogen-bond donors (Lipinski definition) is 3. The van der Waals surface area contributed by atoms with Gasteiger partial charge in [-0.1, -0.05) is 12.1 Å². The molecule has 13 heteroatoms. The lowest BCUT2D eigenvalue weighted by Crippen LogP contribution is -2.40. The maximum atomic E-state index is 11.2. The molecule has 0 spiro atoms. The first-order valence-electron chi connectivity index (χ1n) is 8.19. The summed E-state index contributed by atoms with van der Waals surface area (Å²) in [4.78, 5) is 11.2. The van der Waals surface area contributed by atoms with Crippen LogP contribution in [0.2, 0.25) is 0 Å². The van der Waals surface area contributed by atoms with Gasteiger partial charge in [0.2, 0.25) is 6.29 Å². The fraction of sp³-hybridized carbons (Fsp3) is 0.533. The van der Waals surface area contributed by atoms with Gasteiger partial charge in [0, 0.05) is 31.8 Å². The van der Waals surface area contributed by atoms with Crippen molar-refractivity contribution in [2.45, 2.75) is 24.9 Å². The average Bonchev–Trinajstić information content (AvgIpc) is 2.90. The number of nitrogens with two attached hydrogens (primary N) is 1. The predicted octanol–water partition coefficient (Wildman–Crippen LogP) is -1.01. The van der Waals surface area contributed by atoms with Crippen LogP contribution in [0.3, 0.4) is 0 Å². The molecule has 28 heavy (non-hydrogen) atoms. The smallest absolute Gasteiger partial charge is 0.340 e. The van der Waals surface area contributed by atoms with Crippen molar-refractivity contribution in [3.8, 4) is 0 Å². The number of carbonyl (C=O) groups excluding carboxylic acids is 1. The van der Waals surface area contributed by atoms with Gasteiger partial charge in [-0.15, -0.1) is 0 Å². The Morgan fingerprint density at radius 2 is 1.89 bits per heavy atom. The Bertz CT molecular complexity index is 886. The van der Waals surface area contributed by atoms with E-state index in [1.807, 2.05) is 12.1 Å². The summed E-state index contributed by atoms with van der Waals surface area (Å²) in [6.07, 6.45) is 0.380. The molecule has 3 unspecified atom stereocenters. The molecule has 1 saturated heterocycles. The summed E-state index contributed by atoms with van der Waals surface area (Å²) < 4.78 is 59.7. The van der Waals surface area contributed by atoms with E-state index in [4.69, 9.17) is 18.8 Å². The van der Waals surface area contributed by atoms with Gasteiger partial charge in [0.15, 0.2) is 0 Å². The second-order valence-corrected chi connectivity index (χ2v) is 9.23. The summed E-state index contributed by atoms with van der Waals surface area (Å²) in [6, 6.07) is 6.95. The molecule has 0 amide bonds. The second-order valence-electron chi connectivity index (χ2n) is 6.25. The molecule has 3 heterocycles. The molecule has 0 aromatic heterocycles. The van der Waals surface area contributed by atoms with E-state index in [0.717, 1.165) is 11.8 Å². The topological polar surface area (TPSA) is 163 Å². The lowest BCUT2D eigenvalue weighted by molar-refractivity contribution is -0.0913. The quantitative estimate of drug-likeness (QED) is 0.374. The van der Waals surface area contributed by atoms with E-state index in [1.54, 1.807) is 12.1 Å². The normalized spacial score (nSPS) is 24.2. The molecule has 2 bridgehead atoms.